The van der Waals surface area contributed by atoms with Gasteiger partial charge in [-0.1, -0.05) is 6.07 Å². The second kappa shape index (κ2) is 7.20. The maximum absolute atomic E-state index is 12.0. The van der Waals surface area contributed by atoms with Crippen molar-refractivity contribution in [1.29, 1.82) is 0 Å². The second-order valence-corrected chi connectivity index (χ2v) is 6.31. The molecule has 22 heavy (non-hydrogen) atoms. The smallest absolute Gasteiger partial charge is 0.251 e. The lowest BCUT2D eigenvalue weighted by molar-refractivity contribution is 0.0951. The van der Waals surface area contributed by atoms with E-state index in [-0.39, 0.29) is 5.91 Å². The van der Waals surface area contributed by atoms with E-state index in [0.717, 1.165) is 16.3 Å². The zero-order valence-electron chi connectivity index (χ0n) is 11.7. The van der Waals surface area contributed by atoms with E-state index in [0.29, 0.717) is 18.7 Å². The summed E-state index contributed by atoms with van der Waals surface area (Å²) >= 11 is 3.17. The molecular formula is C16H14N2O2S2. The van der Waals surface area contributed by atoms with Gasteiger partial charge in [0.1, 0.15) is 12.4 Å². The van der Waals surface area contributed by atoms with E-state index in [2.05, 4.69) is 10.3 Å². The number of thiazole rings is 1. The van der Waals surface area contributed by atoms with Gasteiger partial charge in [-0.25, -0.2) is 4.98 Å². The van der Waals surface area contributed by atoms with Crippen molar-refractivity contribution in [3.05, 3.63) is 68.8 Å². The van der Waals surface area contributed by atoms with Crippen molar-refractivity contribution in [2.24, 2.45) is 0 Å². The minimum absolute atomic E-state index is 0.0838. The third-order valence-electron chi connectivity index (χ3n) is 2.99. The van der Waals surface area contributed by atoms with Crippen LogP contribution in [0.4, 0.5) is 0 Å². The van der Waals surface area contributed by atoms with E-state index in [1.807, 2.05) is 22.9 Å². The number of carbonyl (C=O) groups excluding carboxylic acids is 1. The molecule has 0 spiro atoms. The number of thiophene rings is 1. The number of rotatable bonds is 6. The highest BCUT2D eigenvalue weighted by Gasteiger charge is 2.06. The topological polar surface area (TPSA) is 51.2 Å². The van der Waals surface area contributed by atoms with Crippen LogP contribution in [0.3, 0.4) is 0 Å². The molecule has 1 aromatic carbocycles. The molecule has 6 heteroatoms. The Hall–Kier alpha value is -2.18. The number of aromatic nitrogens is 1. The summed E-state index contributed by atoms with van der Waals surface area (Å²) in [6.45, 7) is 0.992. The number of benzene rings is 1. The first-order valence-electron chi connectivity index (χ1n) is 6.72. The predicted molar refractivity (Wildman–Crippen MR) is 88.4 cm³/mol. The van der Waals surface area contributed by atoms with Crippen LogP contribution in [0, 0.1) is 0 Å². The molecule has 2 aromatic heterocycles. The lowest BCUT2D eigenvalue weighted by Gasteiger charge is -2.06. The molecule has 1 N–H and O–H groups in total. The summed E-state index contributed by atoms with van der Waals surface area (Å²) in [7, 11) is 0. The molecular weight excluding hydrogens is 316 g/mol. The lowest BCUT2D eigenvalue weighted by Crippen LogP contribution is -2.22. The third-order valence-corrected chi connectivity index (χ3v) is 4.50. The molecule has 0 saturated heterocycles. The summed E-state index contributed by atoms with van der Waals surface area (Å²) in [5, 5.41) is 6.84. The Bertz CT molecular complexity index is 707. The molecule has 112 valence electrons. The summed E-state index contributed by atoms with van der Waals surface area (Å²) in [6.07, 6.45) is 0. The number of nitrogens with one attached hydrogen (secondary N) is 1. The molecule has 1 amide bonds. The minimum Gasteiger partial charge on any atom is -0.487 e. The van der Waals surface area contributed by atoms with Gasteiger partial charge in [-0.05, 0) is 35.7 Å². The van der Waals surface area contributed by atoms with E-state index >= 15 is 0 Å². The van der Waals surface area contributed by atoms with Crippen molar-refractivity contribution in [2.75, 3.05) is 0 Å². The van der Waals surface area contributed by atoms with E-state index in [1.165, 1.54) is 0 Å². The summed E-state index contributed by atoms with van der Waals surface area (Å²) in [4.78, 5) is 17.3. The largest absolute Gasteiger partial charge is 0.487 e. The van der Waals surface area contributed by atoms with Gasteiger partial charge in [0.05, 0.1) is 17.7 Å². The van der Waals surface area contributed by atoms with Crippen LogP contribution in [0.5, 0.6) is 5.75 Å². The fraction of sp³-hybridized carbons (Fsp3) is 0.125. The van der Waals surface area contributed by atoms with Gasteiger partial charge < -0.3 is 10.1 Å². The number of hydrogen-bond acceptors (Lipinski definition) is 5. The van der Waals surface area contributed by atoms with Crippen molar-refractivity contribution >= 4 is 28.6 Å². The number of nitrogens with zero attached hydrogens (tertiary/aromatic N) is 1. The van der Waals surface area contributed by atoms with E-state index < -0.39 is 0 Å². The van der Waals surface area contributed by atoms with Gasteiger partial charge in [0.2, 0.25) is 0 Å². The first-order chi connectivity index (χ1) is 10.8. The Morgan fingerprint density at radius 2 is 2.09 bits per heavy atom. The fourth-order valence-corrected chi connectivity index (χ4v) is 3.04. The SMILES string of the molecule is O=C(NCc1cccs1)c1ccc(OCc2cscn2)cc1. The first-order valence-corrected chi connectivity index (χ1v) is 8.54. The molecule has 0 bridgehead atoms. The van der Waals surface area contributed by atoms with Crippen molar-refractivity contribution in [3.8, 4) is 5.75 Å². The molecule has 0 saturated carbocycles. The Morgan fingerprint density at radius 1 is 1.23 bits per heavy atom. The zero-order chi connectivity index (χ0) is 15.2. The maximum atomic E-state index is 12.0. The Labute approximate surface area is 136 Å². The molecule has 0 fully saturated rings. The van der Waals surface area contributed by atoms with Crippen molar-refractivity contribution in [1.82, 2.24) is 10.3 Å². The Kier molecular flexibility index (Phi) is 4.82. The van der Waals surface area contributed by atoms with E-state index in [9.17, 15) is 4.79 Å². The van der Waals surface area contributed by atoms with Crippen molar-refractivity contribution in [2.45, 2.75) is 13.2 Å². The molecule has 0 aliphatic rings. The summed E-state index contributed by atoms with van der Waals surface area (Å²) in [6, 6.07) is 11.1. The number of carbonyl (C=O) groups is 1. The van der Waals surface area contributed by atoms with Crippen LogP contribution in [0.25, 0.3) is 0 Å². The third kappa shape index (κ3) is 3.93. The van der Waals surface area contributed by atoms with Crippen LogP contribution in [-0.2, 0) is 13.2 Å². The van der Waals surface area contributed by atoms with Gasteiger partial charge in [-0.2, -0.15) is 0 Å². The first kappa shape index (κ1) is 14.7. The highest BCUT2D eigenvalue weighted by molar-refractivity contribution is 7.09. The van der Waals surface area contributed by atoms with Gasteiger partial charge >= 0.3 is 0 Å². The highest BCUT2D eigenvalue weighted by atomic mass is 32.1. The molecule has 0 atom stereocenters. The summed E-state index contributed by atoms with van der Waals surface area (Å²) in [5.41, 5.74) is 3.31. The highest BCUT2D eigenvalue weighted by Crippen LogP contribution is 2.15. The fourth-order valence-electron chi connectivity index (χ4n) is 1.85. The molecule has 3 aromatic rings. The Morgan fingerprint density at radius 3 is 2.77 bits per heavy atom. The number of ether oxygens (including phenoxy) is 1. The number of amides is 1. The predicted octanol–water partition coefficient (Wildman–Crippen LogP) is 3.71. The monoisotopic (exact) mass is 330 g/mol. The quantitative estimate of drug-likeness (QED) is 0.749. The van der Waals surface area contributed by atoms with E-state index in [1.54, 1.807) is 52.4 Å². The van der Waals surface area contributed by atoms with Gasteiger partial charge in [-0.15, -0.1) is 22.7 Å². The van der Waals surface area contributed by atoms with Crippen LogP contribution >= 0.6 is 22.7 Å². The van der Waals surface area contributed by atoms with Crippen LogP contribution in [-0.4, -0.2) is 10.9 Å². The lowest BCUT2D eigenvalue weighted by atomic mass is 10.2. The molecule has 0 unspecified atom stereocenters. The average Bonchev–Trinajstić information content (AvgIpc) is 3.24. The molecule has 0 aliphatic carbocycles. The molecule has 0 radical (unpaired) electrons. The standard InChI is InChI=1S/C16H14N2O2S2/c19-16(17-8-15-2-1-7-22-15)12-3-5-14(6-4-12)20-9-13-10-21-11-18-13/h1-7,10-11H,8-9H2,(H,17,19). The van der Waals surface area contributed by atoms with Crippen LogP contribution in [0.2, 0.25) is 0 Å². The molecule has 3 rings (SSSR count). The van der Waals surface area contributed by atoms with Crippen molar-refractivity contribution in [3.63, 3.8) is 0 Å². The average molecular weight is 330 g/mol. The summed E-state index contributed by atoms with van der Waals surface area (Å²) in [5.74, 6) is 0.641. The maximum Gasteiger partial charge on any atom is 0.251 e. The van der Waals surface area contributed by atoms with Gasteiger partial charge in [0.25, 0.3) is 5.91 Å². The van der Waals surface area contributed by atoms with Crippen LogP contribution in [0.1, 0.15) is 20.9 Å². The Balaban J connectivity index is 1.53. The number of hydrogen-bond donors (Lipinski definition) is 1. The normalized spacial score (nSPS) is 10.4. The van der Waals surface area contributed by atoms with Crippen LogP contribution < -0.4 is 10.1 Å². The van der Waals surface area contributed by atoms with Gasteiger partial charge in [0, 0.05) is 15.8 Å². The summed E-state index contributed by atoms with van der Waals surface area (Å²) < 4.78 is 5.62. The van der Waals surface area contributed by atoms with Gasteiger partial charge in [-0.3, -0.25) is 4.79 Å². The molecule has 0 aliphatic heterocycles. The van der Waals surface area contributed by atoms with Crippen LogP contribution in [0.15, 0.2) is 52.7 Å². The molecule has 4 nitrogen and oxygen atoms in total. The minimum atomic E-state index is -0.0838. The second-order valence-electron chi connectivity index (χ2n) is 4.55. The van der Waals surface area contributed by atoms with Crippen molar-refractivity contribution < 1.29 is 9.53 Å². The van der Waals surface area contributed by atoms with Gasteiger partial charge in [0.15, 0.2) is 0 Å². The molecule has 2 heterocycles. The zero-order valence-corrected chi connectivity index (χ0v) is 13.3. The van der Waals surface area contributed by atoms with E-state index in [4.69, 9.17) is 4.74 Å².